The summed E-state index contributed by atoms with van der Waals surface area (Å²) in [5.74, 6) is 0. The summed E-state index contributed by atoms with van der Waals surface area (Å²) in [5, 5.41) is 3.56. The first-order valence-corrected chi connectivity index (χ1v) is 5.70. The van der Waals surface area contributed by atoms with E-state index in [-0.39, 0.29) is 0 Å². The Labute approximate surface area is 91.4 Å². The topological polar surface area (TPSA) is 24.9 Å². The van der Waals surface area contributed by atoms with E-state index in [1.54, 1.807) is 0 Å². The quantitative estimate of drug-likeness (QED) is 0.599. The van der Waals surface area contributed by atoms with Gasteiger partial charge in [-0.3, -0.25) is 4.98 Å². The van der Waals surface area contributed by atoms with Gasteiger partial charge in [0.1, 0.15) is 0 Å². The van der Waals surface area contributed by atoms with Crippen LogP contribution in [0, 0.1) is 0 Å². The van der Waals surface area contributed by atoms with Crippen LogP contribution in [0.1, 0.15) is 37.1 Å². The number of hydrogen-bond acceptors (Lipinski definition) is 2. The van der Waals surface area contributed by atoms with E-state index >= 15 is 0 Å². The van der Waals surface area contributed by atoms with Gasteiger partial charge >= 0.3 is 0 Å². The Bertz CT molecular complexity index is 344. The van der Waals surface area contributed by atoms with E-state index in [9.17, 15) is 0 Å². The van der Waals surface area contributed by atoms with E-state index in [4.69, 9.17) is 0 Å². The average Bonchev–Trinajstić information content (AvgIpc) is 2.68. The van der Waals surface area contributed by atoms with Crippen molar-refractivity contribution in [2.45, 2.75) is 32.2 Å². The normalized spacial score (nSPS) is 19.7. The Morgan fingerprint density at radius 3 is 3.40 bits per heavy atom. The molecule has 1 unspecified atom stereocenters. The van der Waals surface area contributed by atoms with Crippen molar-refractivity contribution in [2.75, 3.05) is 6.54 Å². The van der Waals surface area contributed by atoms with Gasteiger partial charge in [0, 0.05) is 6.20 Å². The average molecular weight is 202 g/mol. The van der Waals surface area contributed by atoms with Crippen LogP contribution in [0.25, 0.3) is 0 Å². The van der Waals surface area contributed by atoms with Crippen molar-refractivity contribution >= 4 is 0 Å². The Hall–Kier alpha value is -1.15. The third-order valence-corrected chi connectivity index (χ3v) is 2.90. The minimum Gasteiger partial charge on any atom is -0.308 e. The van der Waals surface area contributed by atoms with Crippen molar-refractivity contribution in [3.8, 4) is 0 Å². The van der Waals surface area contributed by atoms with Crippen molar-refractivity contribution in [1.82, 2.24) is 10.3 Å². The van der Waals surface area contributed by atoms with Gasteiger partial charge in [0.05, 0.1) is 11.7 Å². The molecule has 1 aromatic rings. The summed E-state index contributed by atoms with van der Waals surface area (Å²) in [5.41, 5.74) is 2.68. The predicted octanol–water partition coefficient (Wildman–Crippen LogP) is 2.62. The van der Waals surface area contributed by atoms with Crippen molar-refractivity contribution in [3.63, 3.8) is 0 Å². The van der Waals surface area contributed by atoms with E-state index in [1.807, 2.05) is 12.3 Å². The molecule has 15 heavy (non-hydrogen) atoms. The van der Waals surface area contributed by atoms with E-state index in [1.165, 1.54) is 24.1 Å². The lowest BCUT2D eigenvalue weighted by atomic mass is 10.2. The van der Waals surface area contributed by atoms with Crippen LogP contribution in [-0.2, 0) is 6.42 Å². The second kappa shape index (κ2) is 5.08. The first-order chi connectivity index (χ1) is 7.42. The molecule has 1 aromatic heterocycles. The minimum absolute atomic E-state index is 0.478. The summed E-state index contributed by atoms with van der Waals surface area (Å²) in [6.45, 7) is 3.11. The summed E-state index contributed by atoms with van der Waals surface area (Å²) in [4.78, 5) is 4.46. The van der Waals surface area contributed by atoms with Crippen molar-refractivity contribution in [1.29, 1.82) is 0 Å². The maximum absolute atomic E-state index is 4.46. The zero-order valence-corrected chi connectivity index (χ0v) is 9.24. The fraction of sp³-hybridized carbons (Fsp3) is 0.462. The molecule has 0 spiro atoms. The van der Waals surface area contributed by atoms with Gasteiger partial charge in [-0.1, -0.05) is 18.2 Å². The molecule has 2 heteroatoms. The highest BCUT2D eigenvalue weighted by Gasteiger charge is 2.22. The number of aromatic nitrogens is 1. The van der Waals surface area contributed by atoms with Crippen molar-refractivity contribution in [3.05, 3.63) is 41.7 Å². The molecule has 1 aliphatic rings. The van der Waals surface area contributed by atoms with Crippen LogP contribution < -0.4 is 5.32 Å². The van der Waals surface area contributed by atoms with E-state index < -0.39 is 0 Å². The zero-order chi connectivity index (χ0) is 10.5. The third-order valence-electron chi connectivity index (χ3n) is 2.90. The van der Waals surface area contributed by atoms with E-state index in [2.05, 4.69) is 35.4 Å². The van der Waals surface area contributed by atoms with Gasteiger partial charge in [-0.2, -0.15) is 0 Å². The van der Waals surface area contributed by atoms with E-state index in [0.29, 0.717) is 6.04 Å². The molecule has 1 atom stereocenters. The smallest absolute Gasteiger partial charge is 0.0605 e. The van der Waals surface area contributed by atoms with Crippen LogP contribution >= 0.6 is 0 Å². The number of fused-ring (bicyclic) bond motifs is 1. The lowest BCUT2D eigenvalue weighted by Crippen LogP contribution is -2.20. The number of hydrogen-bond donors (Lipinski definition) is 1. The molecular weight excluding hydrogens is 184 g/mol. The number of allylic oxidation sites excluding steroid dienone is 1. The molecule has 80 valence electrons. The summed E-state index contributed by atoms with van der Waals surface area (Å²) in [7, 11) is 0. The predicted molar refractivity (Wildman–Crippen MR) is 62.7 cm³/mol. The van der Waals surface area contributed by atoms with Gasteiger partial charge in [-0.25, -0.2) is 0 Å². The maximum Gasteiger partial charge on any atom is 0.0605 e. The first kappa shape index (κ1) is 10.4. The number of pyridine rings is 1. The molecule has 0 amide bonds. The fourth-order valence-electron chi connectivity index (χ4n) is 2.12. The largest absolute Gasteiger partial charge is 0.308 e. The van der Waals surface area contributed by atoms with Crippen LogP contribution in [0.4, 0.5) is 0 Å². The number of nitrogens with one attached hydrogen (secondary N) is 1. The second-order valence-corrected chi connectivity index (χ2v) is 3.95. The molecule has 0 fully saturated rings. The highest BCUT2D eigenvalue weighted by atomic mass is 14.9. The van der Waals surface area contributed by atoms with Crippen LogP contribution in [0.5, 0.6) is 0 Å². The van der Waals surface area contributed by atoms with Gasteiger partial charge in [0.2, 0.25) is 0 Å². The van der Waals surface area contributed by atoms with Crippen LogP contribution in [0.2, 0.25) is 0 Å². The number of nitrogens with zero attached hydrogens (tertiary/aromatic N) is 1. The summed E-state index contributed by atoms with van der Waals surface area (Å²) in [6, 6.07) is 4.70. The van der Waals surface area contributed by atoms with Gasteiger partial charge in [-0.05, 0) is 44.4 Å². The molecule has 0 saturated carbocycles. The van der Waals surface area contributed by atoms with Gasteiger partial charge < -0.3 is 5.32 Å². The van der Waals surface area contributed by atoms with Gasteiger partial charge in [0.25, 0.3) is 0 Å². The van der Waals surface area contributed by atoms with Crippen molar-refractivity contribution in [2.24, 2.45) is 0 Å². The molecule has 0 radical (unpaired) electrons. The number of rotatable bonds is 4. The summed E-state index contributed by atoms with van der Waals surface area (Å²) >= 11 is 0. The van der Waals surface area contributed by atoms with Crippen molar-refractivity contribution < 1.29 is 0 Å². The molecule has 0 bridgehead atoms. The number of aryl methyl sites for hydroxylation is 1. The Kier molecular flexibility index (Phi) is 3.51. The summed E-state index contributed by atoms with van der Waals surface area (Å²) in [6.07, 6.45) is 9.66. The van der Waals surface area contributed by atoms with Crippen LogP contribution in [0.15, 0.2) is 30.5 Å². The standard InChI is InChI=1S/C13H18N2/c1-2-3-4-9-14-12-8-7-11-6-5-10-15-13(11)12/h2-3,5-6,10,12,14H,4,7-9H2,1H3/b3-2+. The Morgan fingerprint density at radius 2 is 2.53 bits per heavy atom. The molecule has 2 rings (SSSR count). The van der Waals surface area contributed by atoms with E-state index in [0.717, 1.165) is 13.0 Å². The third kappa shape index (κ3) is 2.45. The summed E-state index contributed by atoms with van der Waals surface area (Å²) < 4.78 is 0. The second-order valence-electron chi connectivity index (χ2n) is 3.95. The Balaban J connectivity index is 1.90. The lowest BCUT2D eigenvalue weighted by Gasteiger charge is -2.11. The lowest BCUT2D eigenvalue weighted by molar-refractivity contribution is 0.527. The highest BCUT2D eigenvalue weighted by molar-refractivity contribution is 5.27. The zero-order valence-electron chi connectivity index (χ0n) is 9.24. The van der Waals surface area contributed by atoms with Gasteiger partial charge in [-0.15, -0.1) is 0 Å². The molecule has 0 aliphatic heterocycles. The first-order valence-electron chi connectivity index (χ1n) is 5.70. The minimum atomic E-state index is 0.478. The molecule has 0 saturated heterocycles. The van der Waals surface area contributed by atoms with Gasteiger partial charge in [0.15, 0.2) is 0 Å². The maximum atomic E-state index is 4.46. The fourth-order valence-corrected chi connectivity index (χ4v) is 2.12. The highest BCUT2D eigenvalue weighted by Crippen LogP contribution is 2.28. The van der Waals surface area contributed by atoms with Crippen LogP contribution in [0.3, 0.4) is 0 Å². The molecule has 1 N–H and O–H groups in total. The molecule has 2 nitrogen and oxygen atoms in total. The SMILES string of the molecule is C/C=C/CCNC1CCc2cccnc21. The molecule has 1 aliphatic carbocycles. The monoisotopic (exact) mass is 202 g/mol. The Morgan fingerprint density at radius 1 is 1.60 bits per heavy atom. The van der Waals surface area contributed by atoms with Crippen LogP contribution in [-0.4, -0.2) is 11.5 Å². The molecule has 0 aromatic carbocycles. The molecular formula is C13H18N2. The molecule has 1 heterocycles.